The third kappa shape index (κ3) is 1.15. The zero-order chi connectivity index (χ0) is 8.39. The molecular formula is C8H9N3O. The normalized spacial score (nSPS) is 17.7. The van der Waals surface area contributed by atoms with Crippen molar-refractivity contribution >= 4 is 11.5 Å². The predicted octanol–water partition coefficient (Wildman–Crippen LogP) is 0.872. The number of ketones is 1. The van der Waals surface area contributed by atoms with Crippen molar-refractivity contribution in [3.05, 3.63) is 18.5 Å². The van der Waals surface area contributed by atoms with Crippen LogP contribution >= 0.6 is 0 Å². The lowest BCUT2D eigenvalue weighted by molar-refractivity contribution is -0.114. The van der Waals surface area contributed by atoms with E-state index in [0.717, 1.165) is 12.8 Å². The third-order valence-electron chi connectivity index (χ3n) is 1.87. The van der Waals surface area contributed by atoms with Crippen LogP contribution in [0.3, 0.4) is 0 Å². The second-order valence-corrected chi connectivity index (χ2v) is 2.72. The largest absolute Gasteiger partial charge is 0.292 e. The Balaban J connectivity index is 2.34. The van der Waals surface area contributed by atoms with E-state index in [1.807, 2.05) is 6.08 Å². The molecule has 4 nitrogen and oxygen atoms in total. The number of hydrogen-bond donors (Lipinski definition) is 0. The standard InChI is InChI=1S/C8H9N3O/c12-8-4-2-1-3-7(8)11-9-5-6-10-11/h3,5-6H,1-2,4H2. The van der Waals surface area contributed by atoms with Gasteiger partial charge in [0.15, 0.2) is 5.78 Å². The van der Waals surface area contributed by atoms with Crippen LogP contribution in [0.1, 0.15) is 19.3 Å². The Kier molecular flexibility index (Phi) is 1.74. The maximum atomic E-state index is 11.3. The molecule has 1 aliphatic carbocycles. The first-order valence-corrected chi connectivity index (χ1v) is 3.98. The zero-order valence-corrected chi connectivity index (χ0v) is 6.60. The van der Waals surface area contributed by atoms with E-state index in [4.69, 9.17) is 0 Å². The zero-order valence-electron chi connectivity index (χ0n) is 6.60. The van der Waals surface area contributed by atoms with Crippen LogP contribution in [-0.4, -0.2) is 20.8 Å². The Labute approximate surface area is 69.9 Å². The van der Waals surface area contributed by atoms with Crippen molar-refractivity contribution in [3.63, 3.8) is 0 Å². The summed E-state index contributed by atoms with van der Waals surface area (Å²) in [5.41, 5.74) is 0.617. The molecule has 1 aromatic rings. The van der Waals surface area contributed by atoms with Gasteiger partial charge in [-0.3, -0.25) is 4.79 Å². The molecule has 12 heavy (non-hydrogen) atoms. The molecule has 0 N–H and O–H groups in total. The Morgan fingerprint density at radius 1 is 1.33 bits per heavy atom. The SMILES string of the molecule is O=C1CCCC=C1n1nccn1. The van der Waals surface area contributed by atoms with Gasteiger partial charge in [-0.15, -0.1) is 4.80 Å². The first-order valence-electron chi connectivity index (χ1n) is 3.98. The van der Waals surface area contributed by atoms with Crippen LogP contribution < -0.4 is 0 Å². The Morgan fingerprint density at radius 2 is 2.08 bits per heavy atom. The van der Waals surface area contributed by atoms with Crippen molar-refractivity contribution in [2.45, 2.75) is 19.3 Å². The van der Waals surface area contributed by atoms with Crippen molar-refractivity contribution in [2.75, 3.05) is 0 Å². The average Bonchev–Trinajstić information content (AvgIpc) is 2.57. The smallest absolute Gasteiger partial charge is 0.182 e. The van der Waals surface area contributed by atoms with Crippen molar-refractivity contribution in [2.24, 2.45) is 0 Å². The van der Waals surface area contributed by atoms with Gasteiger partial charge in [0, 0.05) is 6.42 Å². The number of rotatable bonds is 1. The summed E-state index contributed by atoms with van der Waals surface area (Å²) in [6, 6.07) is 0. The highest BCUT2D eigenvalue weighted by Gasteiger charge is 2.15. The van der Waals surface area contributed by atoms with E-state index in [-0.39, 0.29) is 5.78 Å². The number of aromatic nitrogens is 3. The minimum atomic E-state index is 0.137. The molecule has 1 aromatic heterocycles. The summed E-state index contributed by atoms with van der Waals surface area (Å²) >= 11 is 0. The highest BCUT2D eigenvalue weighted by atomic mass is 16.1. The van der Waals surface area contributed by atoms with Crippen LogP contribution in [0, 0.1) is 0 Å². The van der Waals surface area contributed by atoms with Gasteiger partial charge in [-0.1, -0.05) is 6.08 Å². The van der Waals surface area contributed by atoms with Crippen LogP contribution in [-0.2, 0) is 4.79 Å². The first kappa shape index (κ1) is 7.21. The summed E-state index contributed by atoms with van der Waals surface area (Å²) in [6.07, 6.45) is 7.55. The molecule has 0 spiro atoms. The maximum Gasteiger partial charge on any atom is 0.182 e. The molecule has 4 heteroatoms. The van der Waals surface area contributed by atoms with E-state index < -0.39 is 0 Å². The molecule has 1 heterocycles. The number of nitrogens with zero attached hydrogens (tertiary/aromatic N) is 3. The van der Waals surface area contributed by atoms with Crippen LogP contribution in [0.4, 0.5) is 0 Å². The molecule has 0 aromatic carbocycles. The van der Waals surface area contributed by atoms with Crippen LogP contribution in [0.25, 0.3) is 5.70 Å². The molecule has 0 amide bonds. The van der Waals surface area contributed by atoms with Gasteiger partial charge in [0.25, 0.3) is 0 Å². The van der Waals surface area contributed by atoms with Gasteiger partial charge in [0.2, 0.25) is 0 Å². The van der Waals surface area contributed by atoms with Gasteiger partial charge in [-0.05, 0) is 12.8 Å². The molecule has 0 bridgehead atoms. The molecule has 1 aliphatic rings. The molecule has 0 fully saturated rings. The van der Waals surface area contributed by atoms with E-state index in [2.05, 4.69) is 10.2 Å². The minimum absolute atomic E-state index is 0.137. The van der Waals surface area contributed by atoms with E-state index in [9.17, 15) is 4.79 Å². The molecule has 0 atom stereocenters. The van der Waals surface area contributed by atoms with Gasteiger partial charge >= 0.3 is 0 Å². The molecule has 62 valence electrons. The number of hydrogen-bond acceptors (Lipinski definition) is 3. The van der Waals surface area contributed by atoms with E-state index in [1.165, 1.54) is 4.80 Å². The minimum Gasteiger partial charge on any atom is -0.292 e. The Morgan fingerprint density at radius 3 is 2.75 bits per heavy atom. The highest BCUT2D eigenvalue weighted by Crippen LogP contribution is 2.15. The molecule has 0 saturated heterocycles. The Bertz CT molecular complexity index is 313. The van der Waals surface area contributed by atoms with Gasteiger partial charge < -0.3 is 0 Å². The summed E-state index contributed by atoms with van der Waals surface area (Å²) in [4.78, 5) is 12.7. The topological polar surface area (TPSA) is 47.8 Å². The van der Waals surface area contributed by atoms with Crippen LogP contribution in [0.5, 0.6) is 0 Å². The predicted molar refractivity (Wildman–Crippen MR) is 43.2 cm³/mol. The van der Waals surface area contributed by atoms with Gasteiger partial charge in [-0.25, -0.2) is 0 Å². The summed E-state index contributed by atoms with van der Waals surface area (Å²) in [5.74, 6) is 0.137. The molecule has 2 rings (SSSR count). The summed E-state index contributed by atoms with van der Waals surface area (Å²) in [7, 11) is 0. The number of allylic oxidation sites excluding steroid dienone is 2. The second kappa shape index (κ2) is 2.89. The quantitative estimate of drug-likeness (QED) is 0.617. The van der Waals surface area contributed by atoms with E-state index in [1.54, 1.807) is 12.4 Å². The van der Waals surface area contributed by atoms with Gasteiger partial charge in [0.1, 0.15) is 5.70 Å². The number of carbonyl (C=O) groups excluding carboxylic acids is 1. The van der Waals surface area contributed by atoms with Crippen molar-refractivity contribution in [3.8, 4) is 0 Å². The second-order valence-electron chi connectivity index (χ2n) is 2.72. The molecule has 0 aliphatic heterocycles. The summed E-state index contributed by atoms with van der Waals surface area (Å²) in [6.45, 7) is 0. The summed E-state index contributed by atoms with van der Waals surface area (Å²) in [5, 5.41) is 7.81. The van der Waals surface area contributed by atoms with Crippen LogP contribution in [0.2, 0.25) is 0 Å². The maximum absolute atomic E-state index is 11.3. The van der Waals surface area contributed by atoms with Gasteiger partial charge in [-0.2, -0.15) is 10.2 Å². The Hall–Kier alpha value is -1.45. The number of carbonyl (C=O) groups is 1. The highest BCUT2D eigenvalue weighted by molar-refractivity contribution is 6.15. The lowest BCUT2D eigenvalue weighted by Gasteiger charge is -2.09. The molecule has 0 radical (unpaired) electrons. The fourth-order valence-corrected chi connectivity index (χ4v) is 1.28. The lowest BCUT2D eigenvalue weighted by Crippen LogP contribution is -2.14. The van der Waals surface area contributed by atoms with E-state index in [0.29, 0.717) is 12.1 Å². The van der Waals surface area contributed by atoms with Crippen molar-refractivity contribution < 1.29 is 4.79 Å². The molecular weight excluding hydrogens is 154 g/mol. The lowest BCUT2D eigenvalue weighted by atomic mass is 10.0. The van der Waals surface area contributed by atoms with Crippen molar-refractivity contribution in [1.82, 2.24) is 15.0 Å². The molecule has 0 unspecified atom stereocenters. The average molecular weight is 163 g/mol. The van der Waals surface area contributed by atoms with Gasteiger partial charge in [0.05, 0.1) is 12.4 Å². The van der Waals surface area contributed by atoms with Crippen molar-refractivity contribution in [1.29, 1.82) is 0 Å². The fraction of sp³-hybridized carbons (Fsp3) is 0.375. The van der Waals surface area contributed by atoms with Crippen LogP contribution in [0.15, 0.2) is 18.5 Å². The summed E-state index contributed by atoms with van der Waals surface area (Å²) < 4.78 is 0. The third-order valence-corrected chi connectivity index (χ3v) is 1.87. The fourth-order valence-electron chi connectivity index (χ4n) is 1.28. The monoisotopic (exact) mass is 163 g/mol. The van der Waals surface area contributed by atoms with E-state index >= 15 is 0 Å². The molecule has 0 saturated carbocycles. The number of Topliss-reactive ketones (excluding diaryl/α,β-unsaturated/α-hetero) is 1. The first-order chi connectivity index (χ1) is 5.88.